The summed E-state index contributed by atoms with van der Waals surface area (Å²) in [7, 11) is 3.17. The molecular formula is C24H31N5O3. The zero-order valence-electron chi connectivity index (χ0n) is 18.8. The van der Waals surface area contributed by atoms with E-state index in [1.54, 1.807) is 38.6 Å². The molecule has 1 aromatic heterocycles. The lowest BCUT2D eigenvalue weighted by atomic mass is 10.1. The van der Waals surface area contributed by atoms with Crippen molar-refractivity contribution >= 4 is 5.96 Å². The molecule has 0 aliphatic rings. The number of benzene rings is 2. The Morgan fingerprint density at radius 2 is 1.91 bits per heavy atom. The molecule has 2 aromatic carbocycles. The first kappa shape index (κ1) is 23.1. The molecule has 0 saturated heterocycles. The second kappa shape index (κ2) is 11.8. The lowest BCUT2D eigenvalue weighted by molar-refractivity contribution is 0.176. The van der Waals surface area contributed by atoms with E-state index in [4.69, 9.17) is 14.5 Å². The summed E-state index contributed by atoms with van der Waals surface area (Å²) in [5, 5.41) is 21.5. The molecule has 8 heteroatoms. The van der Waals surface area contributed by atoms with Gasteiger partial charge in [0.05, 0.1) is 33.4 Å². The number of guanidine groups is 1. The fourth-order valence-electron chi connectivity index (χ4n) is 3.34. The minimum Gasteiger partial charge on any atom is -0.497 e. The van der Waals surface area contributed by atoms with Gasteiger partial charge in [0.15, 0.2) is 5.96 Å². The lowest BCUT2D eigenvalue weighted by Gasteiger charge is -2.18. The first-order valence-corrected chi connectivity index (χ1v) is 10.6. The SMILES string of the molecule is CCNC(=NCc1ccccc1Cn1cccn1)NCC(O)c1cc(OC)ccc1OC. The highest BCUT2D eigenvalue weighted by Crippen LogP contribution is 2.29. The van der Waals surface area contributed by atoms with Crippen LogP contribution in [0.1, 0.15) is 29.7 Å². The summed E-state index contributed by atoms with van der Waals surface area (Å²) in [5.74, 6) is 1.89. The molecule has 3 aromatic rings. The molecular weight excluding hydrogens is 406 g/mol. The van der Waals surface area contributed by atoms with Crippen LogP contribution in [0.4, 0.5) is 0 Å². The molecule has 3 rings (SSSR count). The Kier molecular flexibility index (Phi) is 8.51. The van der Waals surface area contributed by atoms with Crippen molar-refractivity contribution in [2.75, 3.05) is 27.3 Å². The Morgan fingerprint density at radius 3 is 2.59 bits per heavy atom. The maximum Gasteiger partial charge on any atom is 0.191 e. The predicted molar refractivity (Wildman–Crippen MR) is 125 cm³/mol. The molecule has 3 N–H and O–H groups in total. The number of hydrogen-bond acceptors (Lipinski definition) is 5. The number of nitrogens with one attached hydrogen (secondary N) is 2. The number of aliphatic hydroxyl groups is 1. The smallest absolute Gasteiger partial charge is 0.191 e. The van der Waals surface area contributed by atoms with Crippen LogP contribution in [0.25, 0.3) is 0 Å². The van der Waals surface area contributed by atoms with E-state index in [2.05, 4.69) is 27.9 Å². The summed E-state index contributed by atoms with van der Waals surface area (Å²) < 4.78 is 12.6. The lowest BCUT2D eigenvalue weighted by Crippen LogP contribution is -2.39. The minimum absolute atomic E-state index is 0.268. The van der Waals surface area contributed by atoms with E-state index in [-0.39, 0.29) is 6.54 Å². The van der Waals surface area contributed by atoms with Crippen LogP contribution in [0.2, 0.25) is 0 Å². The van der Waals surface area contributed by atoms with Crippen molar-refractivity contribution in [2.45, 2.75) is 26.1 Å². The Balaban J connectivity index is 1.69. The predicted octanol–water partition coefficient (Wildman–Crippen LogP) is 2.74. The number of hydrogen-bond donors (Lipinski definition) is 3. The highest BCUT2D eigenvalue weighted by molar-refractivity contribution is 5.79. The summed E-state index contributed by atoms with van der Waals surface area (Å²) >= 11 is 0. The number of aliphatic hydroxyl groups excluding tert-OH is 1. The standard InChI is InChI=1S/C24H31N5O3/c1-4-25-24(27-16-22(30)21-14-20(31-2)10-11-23(21)32-3)26-15-18-8-5-6-9-19(18)17-29-13-7-12-28-29/h5-14,22,30H,4,15-17H2,1-3H3,(H2,25,26,27). The molecule has 1 heterocycles. The number of nitrogens with zero attached hydrogens (tertiary/aromatic N) is 3. The van der Waals surface area contributed by atoms with E-state index in [0.29, 0.717) is 42.7 Å². The zero-order valence-corrected chi connectivity index (χ0v) is 18.8. The molecule has 0 amide bonds. The van der Waals surface area contributed by atoms with Crippen LogP contribution in [0, 0.1) is 0 Å². The highest BCUT2D eigenvalue weighted by atomic mass is 16.5. The summed E-state index contributed by atoms with van der Waals surface area (Å²) in [6.07, 6.45) is 2.92. The van der Waals surface area contributed by atoms with E-state index in [0.717, 1.165) is 11.1 Å². The highest BCUT2D eigenvalue weighted by Gasteiger charge is 2.15. The maximum absolute atomic E-state index is 10.8. The van der Waals surface area contributed by atoms with E-state index in [9.17, 15) is 5.11 Å². The monoisotopic (exact) mass is 437 g/mol. The molecule has 170 valence electrons. The van der Waals surface area contributed by atoms with Gasteiger partial charge in [-0.05, 0) is 42.3 Å². The van der Waals surface area contributed by atoms with Crippen molar-refractivity contribution in [3.63, 3.8) is 0 Å². The minimum atomic E-state index is -0.795. The van der Waals surface area contributed by atoms with Gasteiger partial charge in [0.1, 0.15) is 11.5 Å². The Hall–Kier alpha value is -3.52. The van der Waals surface area contributed by atoms with Gasteiger partial charge in [0, 0.05) is 31.0 Å². The fraction of sp³-hybridized carbons (Fsp3) is 0.333. The second-order valence-corrected chi connectivity index (χ2v) is 7.17. The Bertz CT molecular complexity index is 1000. The van der Waals surface area contributed by atoms with Crippen molar-refractivity contribution < 1.29 is 14.6 Å². The van der Waals surface area contributed by atoms with Crippen molar-refractivity contribution in [2.24, 2.45) is 4.99 Å². The van der Waals surface area contributed by atoms with Crippen LogP contribution in [0.15, 0.2) is 65.9 Å². The van der Waals surface area contributed by atoms with Gasteiger partial charge in [-0.15, -0.1) is 0 Å². The molecule has 1 atom stereocenters. The fourth-order valence-corrected chi connectivity index (χ4v) is 3.34. The van der Waals surface area contributed by atoms with E-state index < -0.39 is 6.10 Å². The molecule has 0 aliphatic carbocycles. The molecule has 8 nitrogen and oxygen atoms in total. The summed E-state index contributed by atoms with van der Waals surface area (Å²) in [5.41, 5.74) is 2.94. The molecule has 32 heavy (non-hydrogen) atoms. The molecule has 0 radical (unpaired) electrons. The van der Waals surface area contributed by atoms with Crippen molar-refractivity contribution in [1.82, 2.24) is 20.4 Å². The van der Waals surface area contributed by atoms with Crippen LogP contribution >= 0.6 is 0 Å². The van der Waals surface area contributed by atoms with Crippen LogP contribution in [0.5, 0.6) is 11.5 Å². The van der Waals surface area contributed by atoms with Crippen LogP contribution < -0.4 is 20.1 Å². The number of methoxy groups -OCH3 is 2. The third kappa shape index (κ3) is 6.24. The van der Waals surface area contributed by atoms with E-state index >= 15 is 0 Å². The van der Waals surface area contributed by atoms with Crippen molar-refractivity contribution in [3.05, 3.63) is 77.6 Å². The first-order chi connectivity index (χ1) is 15.6. The number of rotatable bonds is 10. The topological polar surface area (TPSA) is 92.9 Å². The number of aliphatic imine (C=N–C) groups is 1. The molecule has 0 bridgehead atoms. The molecule has 1 unspecified atom stereocenters. The molecule has 0 aliphatic heterocycles. The first-order valence-electron chi connectivity index (χ1n) is 10.6. The average molecular weight is 438 g/mol. The van der Waals surface area contributed by atoms with Gasteiger partial charge in [0.2, 0.25) is 0 Å². The maximum atomic E-state index is 10.8. The van der Waals surface area contributed by atoms with Crippen molar-refractivity contribution in [3.8, 4) is 11.5 Å². The number of aromatic nitrogens is 2. The molecule has 0 fully saturated rings. The average Bonchev–Trinajstić information content (AvgIpc) is 3.34. The van der Waals surface area contributed by atoms with E-state index in [1.807, 2.05) is 36.0 Å². The van der Waals surface area contributed by atoms with Gasteiger partial charge in [-0.25, -0.2) is 4.99 Å². The van der Waals surface area contributed by atoms with Gasteiger partial charge < -0.3 is 25.2 Å². The number of ether oxygens (including phenoxy) is 2. The van der Waals surface area contributed by atoms with Crippen LogP contribution in [-0.4, -0.2) is 48.2 Å². The molecule has 0 saturated carbocycles. The Labute approximate surface area is 188 Å². The summed E-state index contributed by atoms with van der Waals surface area (Å²) in [4.78, 5) is 4.71. The van der Waals surface area contributed by atoms with Gasteiger partial charge in [-0.2, -0.15) is 5.10 Å². The van der Waals surface area contributed by atoms with Gasteiger partial charge in [-0.3, -0.25) is 4.68 Å². The Morgan fingerprint density at radius 1 is 1.09 bits per heavy atom. The summed E-state index contributed by atoms with van der Waals surface area (Å²) in [6.45, 7) is 4.18. The summed E-state index contributed by atoms with van der Waals surface area (Å²) in [6, 6.07) is 15.5. The van der Waals surface area contributed by atoms with E-state index in [1.165, 1.54) is 0 Å². The normalized spacial score (nSPS) is 12.3. The second-order valence-electron chi connectivity index (χ2n) is 7.17. The van der Waals surface area contributed by atoms with Gasteiger partial charge >= 0.3 is 0 Å². The van der Waals surface area contributed by atoms with Crippen molar-refractivity contribution in [1.29, 1.82) is 0 Å². The third-order valence-corrected chi connectivity index (χ3v) is 5.02. The van der Waals surface area contributed by atoms with Gasteiger partial charge in [-0.1, -0.05) is 24.3 Å². The quantitative estimate of drug-likeness (QED) is 0.334. The largest absolute Gasteiger partial charge is 0.497 e. The van der Waals surface area contributed by atoms with Crippen LogP contribution in [0.3, 0.4) is 0 Å². The molecule has 0 spiro atoms. The zero-order chi connectivity index (χ0) is 22.8. The third-order valence-electron chi connectivity index (χ3n) is 5.02. The van der Waals surface area contributed by atoms with Gasteiger partial charge in [0.25, 0.3) is 0 Å². The van der Waals surface area contributed by atoms with Crippen LogP contribution in [-0.2, 0) is 13.1 Å².